The second-order valence-electron chi connectivity index (χ2n) is 5.10. The maximum Gasteiger partial charge on any atom is 0.319 e. The van der Waals surface area contributed by atoms with Gasteiger partial charge in [-0.15, -0.1) is 0 Å². The molecular weight excluding hydrogens is 285 g/mol. The molecule has 6 heteroatoms. The van der Waals surface area contributed by atoms with Gasteiger partial charge in [0.25, 0.3) is 5.91 Å². The Morgan fingerprint density at radius 2 is 2.00 bits per heavy atom. The molecule has 0 aromatic heterocycles. The van der Waals surface area contributed by atoms with E-state index in [4.69, 9.17) is 0 Å². The van der Waals surface area contributed by atoms with Crippen LogP contribution in [0.5, 0.6) is 0 Å². The van der Waals surface area contributed by atoms with Crippen LogP contribution in [0.15, 0.2) is 35.5 Å². The molecule has 1 atom stereocenters. The topological polar surface area (TPSA) is 61.4 Å². The van der Waals surface area contributed by atoms with Gasteiger partial charge in [0.1, 0.15) is 5.82 Å². The predicted octanol–water partition coefficient (Wildman–Crippen LogP) is 2.32. The van der Waals surface area contributed by atoms with E-state index in [0.717, 1.165) is 0 Å². The lowest BCUT2D eigenvalue weighted by Gasteiger charge is -2.31. The van der Waals surface area contributed by atoms with E-state index in [1.807, 2.05) is 13.8 Å². The summed E-state index contributed by atoms with van der Waals surface area (Å²) in [5.41, 5.74) is 1.48. The maximum absolute atomic E-state index is 13.5. The van der Waals surface area contributed by atoms with Gasteiger partial charge in [-0.05, 0) is 38.5 Å². The number of hydrogen-bond donors (Lipinski definition) is 2. The Hall–Kier alpha value is -2.37. The number of benzene rings is 1. The summed E-state index contributed by atoms with van der Waals surface area (Å²) in [7, 11) is 0. The summed E-state index contributed by atoms with van der Waals surface area (Å²) in [6.45, 7) is 6.60. The summed E-state index contributed by atoms with van der Waals surface area (Å²) in [5.74, 6) is -0.568. The minimum atomic E-state index is -0.655. The van der Waals surface area contributed by atoms with Crippen molar-refractivity contribution in [2.45, 2.75) is 26.8 Å². The van der Waals surface area contributed by atoms with Gasteiger partial charge in [0.15, 0.2) is 0 Å². The highest BCUT2D eigenvalue weighted by atomic mass is 19.1. The molecule has 1 aromatic rings. The average molecular weight is 305 g/mol. The van der Waals surface area contributed by atoms with Crippen molar-refractivity contribution in [1.29, 1.82) is 0 Å². The first-order chi connectivity index (χ1) is 10.5. The van der Waals surface area contributed by atoms with Crippen LogP contribution in [0.2, 0.25) is 0 Å². The molecule has 3 amide bonds. The van der Waals surface area contributed by atoms with Gasteiger partial charge in [-0.2, -0.15) is 0 Å². The standard InChI is InChI=1S/C16H20FN3O2/c1-4-20(5-2)15(21)13-10(3)18-16(22)19-14(13)11-7-6-8-12(17)9-11/h6-9,14H,4-5H2,1-3H3,(H2,18,19,22)/t14-/m0/s1. The third kappa shape index (κ3) is 3.10. The second kappa shape index (κ2) is 6.60. The number of nitrogens with zero attached hydrogens (tertiary/aromatic N) is 1. The van der Waals surface area contributed by atoms with E-state index in [1.54, 1.807) is 24.0 Å². The lowest BCUT2D eigenvalue weighted by Crippen LogP contribution is -2.47. The Balaban J connectivity index is 2.47. The predicted molar refractivity (Wildman–Crippen MR) is 81.4 cm³/mol. The number of hydrogen-bond acceptors (Lipinski definition) is 2. The Kier molecular flexibility index (Phi) is 4.80. The zero-order valence-corrected chi connectivity index (χ0v) is 12.9. The number of carbonyl (C=O) groups excluding carboxylic acids is 2. The number of carbonyl (C=O) groups is 2. The molecule has 0 fully saturated rings. The molecule has 5 nitrogen and oxygen atoms in total. The van der Waals surface area contributed by atoms with Gasteiger partial charge in [0.05, 0.1) is 11.6 Å². The smallest absolute Gasteiger partial charge is 0.319 e. The number of halogens is 1. The summed E-state index contributed by atoms with van der Waals surface area (Å²) in [6.07, 6.45) is 0. The lowest BCUT2D eigenvalue weighted by molar-refractivity contribution is -0.127. The minimum Gasteiger partial charge on any atom is -0.339 e. The van der Waals surface area contributed by atoms with Gasteiger partial charge in [-0.1, -0.05) is 12.1 Å². The molecule has 0 unspecified atom stereocenters. The molecular formula is C16H20FN3O2. The van der Waals surface area contributed by atoms with Crippen LogP contribution >= 0.6 is 0 Å². The minimum absolute atomic E-state index is 0.163. The Morgan fingerprint density at radius 3 is 2.59 bits per heavy atom. The van der Waals surface area contributed by atoms with Crippen LogP contribution in [0.25, 0.3) is 0 Å². The highest BCUT2D eigenvalue weighted by Gasteiger charge is 2.32. The normalized spacial score (nSPS) is 17.8. The molecule has 2 N–H and O–H groups in total. The highest BCUT2D eigenvalue weighted by molar-refractivity contribution is 5.98. The van der Waals surface area contributed by atoms with E-state index in [-0.39, 0.29) is 5.91 Å². The fourth-order valence-electron chi connectivity index (χ4n) is 2.59. The molecule has 0 bridgehead atoms. The molecule has 118 valence electrons. The van der Waals surface area contributed by atoms with Gasteiger partial charge in [-0.25, -0.2) is 9.18 Å². The molecule has 1 aromatic carbocycles. The van der Waals surface area contributed by atoms with E-state index in [0.29, 0.717) is 29.9 Å². The van der Waals surface area contributed by atoms with E-state index in [9.17, 15) is 14.0 Å². The van der Waals surface area contributed by atoms with E-state index in [2.05, 4.69) is 10.6 Å². The molecule has 1 aliphatic heterocycles. The van der Waals surface area contributed by atoms with Crippen molar-refractivity contribution in [3.63, 3.8) is 0 Å². The molecule has 1 heterocycles. The first kappa shape index (κ1) is 16.0. The molecule has 0 spiro atoms. The molecule has 0 saturated heterocycles. The van der Waals surface area contributed by atoms with Crippen molar-refractivity contribution >= 4 is 11.9 Å². The van der Waals surface area contributed by atoms with Crippen LogP contribution in [0, 0.1) is 5.82 Å². The summed E-state index contributed by atoms with van der Waals surface area (Å²) in [5, 5.41) is 5.32. The Bertz CT molecular complexity index is 624. The Morgan fingerprint density at radius 1 is 1.32 bits per heavy atom. The van der Waals surface area contributed by atoms with Crippen LogP contribution in [0.3, 0.4) is 0 Å². The monoisotopic (exact) mass is 305 g/mol. The van der Waals surface area contributed by atoms with Crippen LogP contribution < -0.4 is 10.6 Å². The molecule has 2 rings (SSSR count). The first-order valence-electron chi connectivity index (χ1n) is 7.30. The molecule has 0 radical (unpaired) electrons. The van der Waals surface area contributed by atoms with E-state index < -0.39 is 17.9 Å². The third-order valence-corrected chi connectivity index (χ3v) is 3.73. The van der Waals surface area contributed by atoms with Crippen molar-refractivity contribution in [3.8, 4) is 0 Å². The van der Waals surface area contributed by atoms with Crippen LogP contribution in [-0.2, 0) is 4.79 Å². The van der Waals surface area contributed by atoms with Crippen molar-refractivity contribution in [3.05, 3.63) is 46.9 Å². The summed E-state index contributed by atoms with van der Waals surface area (Å²) in [4.78, 5) is 26.1. The van der Waals surface area contributed by atoms with Crippen molar-refractivity contribution < 1.29 is 14.0 Å². The number of amides is 3. The van der Waals surface area contributed by atoms with Gasteiger partial charge in [0.2, 0.25) is 0 Å². The number of rotatable bonds is 4. The van der Waals surface area contributed by atoms with Crippen molar-refractivity contribution in [2.24, 2.45) is 0 Å². The highest BCUT2D eigenvalue weighted by Crippen LogP contribution is 2.28. The second-order valence-corrected chi connectivity index (χ2v) is 5.10. The number of likely N-dealkylation sites (N-methyl/N-ethyl adjacent to an activating group) is 1. The van der Waals surface area contributed by atoms with Gasteiger partial charge in [0, 0.05) is 18.8 Å². The van der Waals surface area contributed by atoms with Crippen LogP contribution in [0.1, 0.15) is 32.4 Å². The average Bonchev–Trinajstić information content (AvgIpc) is 2.47. The van der Waals surface area contributed by atoms with E-state index >= 15 is 0 Å². The quantitative estimate of drug-likeness (QED) is 0.897. The molecule has 0 aliphatic carbocycles. The molecule has 22 heavy (non-hydrogen) atoms. The van der Waals surface area contributed by atoms with Crippen molar-refractivity contribution in [1.82, 2.24) is 15.5 Å². The Labute approximate surface area is 129 Å². The summed E-state index contributed by atoms with van der Waals surface area (Å²) >= 11 is 0. The SMILES string of the molecule is CCN(CC)C(=O)C1=C(C)NC(=O)N[C@H]1c1cccc(F)c1. The van der Waals surface area contributed by atoms with E-state index in [1.165, 1.54) is 12.1 Å². The molecule has 0 saturated carbocycles. The summed E-state index contributed by atoms with van der Waals surface area (Å²) < 4.78 is 13.5. The number of nitrogens with one attached hydrogen (secondary N) is 2. The zero-order valence-electron chi connectivity index (χ0n) is 12.9. The maximum atomic E-state index is 13.5. The fourth-order valence-corrected chi connectivity index (χ4v) is 2.59. The van der Waals surface area contributed by atoms with Crippen LogP contribution in [-0.4, -0.2) is 29.9 Å². The number of allylic oxidation sites excluding steroid dienone is 1. The molecule has 1 aliphatic rings. The lowest BCUT2D eigenvalue weighted by atomic mass is 9.94. The number of urea groups is 1. The fraction of sp³-hybridized carbons (Fsp3) is 0.375. The zero-order chi connectivity index (χ0) is 16.3. The van der Waals surface area contributed by atoms with Gasteiger partial charge < -0.3 is 15.5 Å². The largest absolute Gasteiger partial charge is 0.339 e. The third-order valence-electron chi connectivity index (χ3n) is 3.73. The van der Waals surface area contributed by atoms with Gasteiger partial charge in [-0.3, -0.25) is 4.79 Å². The van der Waals surface area contributed by atoms with Crippen molar-refractivity contribution in [2.75, 3.05) is 13.1 Å². The van der Waals surface area contributed by atoms with Gasteiger partial charge >= 0.3 is 6.03 Å². The summed E-state index contributed by atoms with van der Waals surface area (Å²) in [6, 6.07) is 4.87. The first-order valence-corrected chi connectivity index (χ1v) is 7.30. The van der Waals surface area contributed by atoms with Crippen LogP contribution in [0.4, 0.5) is 9.18 Å².